The van der Waals surface area contributed by atoms with Gasteiger partial charge in [0.1, 0.15) is 11.6 Å². The zero-order valence-electron chi connectivity index (χ0n) is 16.9. The summed E-state index contributed by atoms with van der Waals surface area (Å²) in [6, 6.07) is 4.36. The van der Waals surface area contributed by atoms with E-state index in [9.17, 15) is 0 Å². The summed E-state index contributed by atoms with van der Waals surface area (Å²) in [5, 5.41) is 4.06. The fraction of sp³-hybridized carbons (Fsp3) is 0.476. The summed E-state index contributed by atoms with van der Waals surface area (Å²) in [7, 11) is 0. The van der Waals surface area contributed by atoms with E-state index in [0.717, 1.165) is 59.4 Å². The first-order valence-corrected chi connectivity index (χ1v) is 9.82. The lowest BCUT2D eigenvalue weighted by Crippen LogP contribution is -2.34. The van der Waals surface area contributed by atoms with E-state index in [1.54, 1.807) is 0 Å². The number of aromatic nitrogens is 5. The number of rotatable bonds is 4. The van der Waals surface area contributed by atoms with Crippen LogP contribution in [0.1, 0.15) is 59.7 Å². The van der Waals surface area contributed by atoms with E-state index in [0.29, 0.717) is 5.82 Å². The Balaban J connectivity index is 1.68. The lowest BCUT2D eigenvalue weighted by molar-refractivity contribution is 0.135. The van der Waals surface area contributed by atoms with Gasteiger partial charge in [-0.05, 0) is 59.2 Å². The zero-order valence-corrected chi connectivity index (χ0v) is 16.9. The summed E-state index contributed by atoms with van der Waals surface area (Å²) in [5.41, 5.74) is 4.80. The molecule has 0 bridgehead atoms. The van der Waals surface area contributed by atoms with Gasteiger partial charge in [-0.3, -0.25) is 4.90 Å². The van der Waals surface area contributed by atoms with Gasteiger partial charge in [0.25, 0.3) is 0 Å². The number of aryl methyl sites for hydroxylation is 4. The Kier molecular flexibility index (Phi) is 5.17. The van der Waals surface area contributed by atoms with Crippen molar-refractivity contribution in [3.63, 3.8) is 0 Å². The molecule has 1 aliphatic rings. The van der Waals surface area contributed by atoms with Crippen molar-refractivity contribution < 1.29 is 4.52 Å². The monoisotopic (exact) mass is 378 g/mol. The highest BCUT2D eigenvalue weighted by Crippen LogP contribution is 2.33. The van der Waals surface area contributed by atoms with Crippen LogP contribution in [-0.4, -0.2) is 36.5 Å². The van der Waals surface area contributed by atoms with Crippen molar-refractivity contribution in [1.29, 1.82) is 0 Å². The molecule has 4 heterocycles. The van der Waals surface area contributed by atoms with E-state index in [1.807, 2.05) is 40.0 Å². The molecule has 1 aliphatic heterocycles. The maximum absolute atomic E-state index is 5.33. The summed E-state index contributed by atoms with van der Waals surface area (Å²) >= 11 is 0. The van der Waals surface area contributed by atoms with E-state index >= 15 is 0 Å². The summed E-state index contributed by atoms with van der Waals surface area (Å²) in [6.07, 6.45) is 5.32. The third-order valence-electron chi connectivity index (χ3n) is 5.28. The van der Waals surface area contributed by atoms with Gasteiger partial charge in [-0.1, -0.05) is 11.6 Å². The second kappa shape index (κ2) is 7.75. The second-order valence-electron chi connectivity index (χ2n) is 7.53. The van der Waals surface area contributed by atoms with Crippen LogP contribution in [0.4, 0.5) is 0 Å². The van der Waals surface area contributed by atoms with Gasteiger partial charge in [-0.2, -0.15) is 0 Å². The van der Waals surface area contributed by atoms with Crippen LogP contribution >= 0.6 is 0 Å². The summed E-state index contributed by atoms with van der Waals surface area (Å²) in [6.45, 7) is 9.64. The van der Waals surface area contributed by atoms with Crippen molar-refractivity contribution in [3.05, 3.63) is 52.7 Å². The van der Waals surface area contributed by atoms with E-state index in [4.69, 9.17) is 9.51 Å². The topological polar surface area (TPSA) is 80.8 Å². The first-order chi connectivity index (χ1) is 13.5. The third-order valence-corrected chi connectivity index (χ3v) is 5.28. The van der Waals surface area contributed by atoms with Crippen LogP contribution in [0.25, 0.3) is 11.4 Å². The standard InChI is InChI=1S/C21H26N6O/c1-13-11-18(25-21(23-13)20-14(2)26-28-15(20)3)19-7-5-6-10-27(19)12-17-8-9-22-16(4)24-17/h8-9,11,19H,5-7,10,12H2,1-4H3/t19-/m1/s1. The maximum atomic E-state index is 5.33. The van der Waals surface area contributed by atoms with Gasteiger partial charge in [-0.25, -0.2) is 19.9 Å². The molecule has 1 saturated heterocycles. The predicted molar refractivity (Wildman–Crippen MR) is 106 cm³/mol. The Morgan fingerprint density at radius 2 is 1.96 bits per heavy atom. The van der Waals surface area contributed by atoms with Gasteiger partial charge in [-0.15, -0.1) is 0 Å². The number of hydrogen-bond acceptors (Lipinski definition) is 7. The molecule has 0 saturated carbocycles. The normalized spacial score (nSPS) is 17.8. The first kappa shape index (κ1) is 18.7. The van der Waals surface area contributed by atoms with Gasteiger partial charge in [0.2, 0.25) is 0 Å². The third kappa shape index (κ3) is 3.80. The van der Waals surface area contributed by atoms with E-state index in [-0.39, 0.29) is 6.04 Å². The van der Waals surface area contributed by atoms with Crippen LogP contribution in [0.5, 0.6) is 0 Å². The number of nitrogens with zero attached hydrogens (tertiary/aromatic N) is 6. The molecule has 1 fully saturated rings. The van der Waals surface area contributed by atoms with Crippen LogP contribution in [0.2, 0.25) is 0 Å². The van der Waals surface area contributed by atoms with Gasteiger partial charge in [0.15, 0.2) is 5.82 Å². The number of piperidine rings is 1. The average Bonchev–Trinajstić information content (AvgIpc) is 3.00. The van der Waals surface area contributed by atoms with Crippen molar-refractivity contribution in [1.82, 2.24) is 30.0 Å². The molecule has 7 nitrogen and oxygen atoms in total. The molecule has 0 amide bonds. The molecule has 7 heteroatoms. The predicted octanol–water partition coefficient (Wildman–Crippen LogP) is 3.88. The summed E-state index contributed by atoms with van der Waals surface area (Å²) < 4.78 is 5.33. The Morgan fingerprint density at radius 1 is 1.11 bits per heavy atom. The molecule has 4 rings (SSSR count). The molecular weight excluding hydrogens is 352 g/mol. The lowest BCUT2D eigenvalue weighted by atomic mass is 9.98. The van der Waals surface area contributed by atoms with Crippen LogP contribution in [-0.2, 0) is 6.54 Å². The van der Waals surface area contributed by atoms with Crippen molar-refractivity contribution >= 4 is 0 Å². The molecule has 0 radical (unpaired) electrons. The summed E-state index contributed by atoms with van der Waals surface area (Å²) in [4.78, 5) is 20.9. The average molecular weight is 378 g/mol. The molecular formula is C21H26N6O. The lowest BCUT2D eigenvalue weighted by Gasteiger charge is -2.35. The quantitative estimate of drug-likeness (QED) is 0.681. The molecule has 28 heavy (non-hydrogen) atoms. The molecule has 146 valence electrons. The molecule has 0 unspecified atom stereocenters. The minimum atomic E-state index is 0.255. The fourth-order valence-electron chi connectivity index (χ4n) is 3.99. The van der Waals surface area contributed by atoms with Gasteiger partial charge in [0, 0.05) is 18.4 Å². The highest BCUT2D eigenvalue weighted by atomic mass is 16.5. The Labute approximate surface area is 165 Å². The molecule has 3 aromatic rings. The van der Waals surface area contributed by atoms with E-state index < -0.39 is 0 Å². The zero-order chi connectivity index (χ0) is 19.7. The highest BCUT2D eigenvalue weighted by molar-refractivity contribution is 5.60. The van der Waals surface area contributed by atoms with Gasteiger partial charge >= 0.3 is 0 Å². The molecule has 0 spiro atoms. The van der Waals surface area contributed by atoms with Crippen molar-refractivity contribution in [2.75, 3.05) is 6.54 Å². The van der Waals surface area contributed by atoms with Crippen molar-refractivity contribution in [2.45, 2.75) is 59.5 Å². The van der Waals surface area contributed by atoms with Gasteiger partial charge in [0.05, 0.1) is 28.7 Å². The molecule has 0 aliphatic carbocycles. The largest absolute Gasteiger partial charge is 0.361 e. The second-order valence-corrected chi connectivity index (χ2v) is 7.53. The Morgan fingerprint density at radius 3 is 2.71 bits per heavy atom. The van der Waals surface area contributed by atoms with Crippen LogP contribution in [0.3, 0.4) is 0 Å². The maximum Gasteiger partial charge on any atom is 0.165 e. The molecule has 1 atom stereocenters. The highest BCUT2D eigenvalue weighted by Gasteiger charge is 2.27. The SMILES string of the molecule is Cc1cc([C@H]2CCCCN2Cc2ccnc(C)n2)nc(-c2c(C)noc2C)n1. The van der Waals surface area contributed by atoms with E-state index in [2.05, 4.69) is 31.1 Å². The fourth-order valence-corrected chi connectivity index (χ4v) is 3.99. The van der Waals surface area contributed by atoms with Crippen LogP contribution in [0, 0.1) is 27.7 Å². The molecule has 3 aromatic heterocycles. The Bertz CT molecular complexity index is 963. The Hall–Kier alpha value is -2.67. The van der Waals surface area contributed by atoms with Crippen molar-refractivity contribution in [3.8, 4) is 11.4 Å². The number of likely N-dealkylation sites (tertiary alicyclic amines) is 1. The first-order valence-electron chi connectivity index (χ1n) is 9.82. The van der Waals surface area contributed by atoms with Crippen molar-refractivity contribution in [2.24, 2.45) is 0 Å². The minimum absolute atomic E-state index is 0.255. The van der Waals surface area contributed by atoms with Crippen LogP contribution in [0.15, 0.2) is 22.9 Å². The molecule has 0 N–H and O–H groups in total. The minimum Gasteiger partial charge on any atom is -0.361 e. The van der Waals surface area contributed by atoms with Gasteiger partial charge < -0.3 is 4.52 Å². The smallest absolute Gasteiger partial charge is 0.165 e. The number of hydrogen-bond donors (Lipinski definition) is 0. The molecule has 0 aromatic carbocycles. The van der Waals surface area contributed by atoms with Crippen LogP contribution < -0.4 is 0 Å². The summed E-state index contributed by atoms with van der Waals surface area (Å²) in [5.74, 6) is 2.27. The van der Waals surface area contributed by atoms with E-state index in [1.165, 1.54) is 12.8 Å².